The maximum Gasteiger partial charge on any atom is 0.322 e. The molecule has 0 unspecified atom stereocenters. The molecule has 6 heteroatoms. The molecule has 0 aromatic heterocycles. The highest BCUT2D eigenvalue weighted by Crippen LogP contribution is 2.41. The summed E-state index contributed by atoms with van der Waals surface area (Å²) in [5, 5.41) is 7.82. The quantitative estimate of drug-likeness (QED) is 0.772. The third-order valence-electron chi connectivity index (χ3n) is 5.53. The van der Waals surface area contributed by atoms with E-state index in [1.807, 2.05) is 0 Å². The molecule has 1 saturated carbocycles. The van der Waals surface area contributed by atoms with Gasteiger partial charge in [-0.15, -0.1) is 0 Å². The highest BCUT2D eigenvalue weighted by Gasteiger charge is 2.37. The Balaban J connectivity index is 1.72. The summed E-state index contributed by atoms with van der Waals surface area (Å²) in [5.74, 6) is -0.564. The summed E-state index contributed by atoms with van der Waals surface area (Å²) in [6, 6.07) is 5.34. The zero-order valence-electron chi connectivity index (χ0n) is 15.5. The molecule has 140 valence electrons. The average Bonchev–Trinajstić information content (AvgIpc) is 2.98. The van der Waals surface area contributed by atoms with E-state index in [2.05, 4.69) is 48.0 Å². The zero-order chi connectivity index (χ0) is 18.7. The third-order valence-corrected chi connectivity index (χ3v) is 5.53. The zero-order valence-corrected chi connectivity index (χ0v) is 15.5. The van der Waals surface area contributed by atoms with Gasteiger partial charge in [-0.25, -0.2) is 4.79 Å². The smallest absolute Gasteiger partial charge is 0.322 e. The number of rotatable bonds is 4. The van der Waals surface area contributed by atoms with Crippen LogP contribution in [0.15, 0.2) is 18.2 Å². The number of hydrogen-bond acceptors (Lipinski definition) is 3. The summed E-state index contributed by atoms with van der Waals surface area (Å²) in [4.78, 5) is 35.6. The predicted octanol–water partition coefficient (Wildman–Crippen LogP) is 2.22. The summed E-state index contributed by atoms with van der Waals surface area (Å²) in [6.07, 6.45) is 4.89. The minimum Gasteiger partial charge on any atom is -0.353 e. The SMILES string of the molecule is Cc1cc(C)cc(C2(CNC(=O)[C@@H]3CCC(=O)NC(=O)N3)CCCC2)c1. The van der Waals surface area contributed by atoms with Crippen LogP contribution in [0.5, 0.6) is 0 Å². The summed E-state index contributed by atoms with van der Waals surface area (Å²) in [7, 11) is 0. The molecule has 0 radical (unpaired) electrons. The standard InChI is InChI=1S/C20H27N3O3/c1-13-9-14(2)11-15(10-13)20(7-3-4-8-20)12-21-18(25)16-5-6-17(24)23-19(26)22-16/h9-11,16H,3-8,12H2,1-2H3,(H,21,25)(H2,22,23,24,26)/t16-/m0/s1. The van der Waals surface area contributed by atoms with Gasteiger partial charge in [0.1, 0.15) is 6.04 Å². The Labute approximate surface area is 154 Å². The average molecular weight is 357 g/mol. The number of nitrogens with one attached hydrogen (secondary N) is 3. The Bertz CT molecular complexity index is 703. The second-order valence-electron chi connectivity index (χ2n) is 7.69. The second-order valence-corrected chi connectivity index (χ2v) is 7.69. The first-order valence-corrected chi connectivity index (χ1v) is 9.35. The lowest BCUT2D eigenvalue weighted by Gasteiger charge is -2.31. The molecular formula is C20H27N3O3. The van der Waals surface area contributed by atoms with Crippen molar-refractivity contribution in [3.63, 3.8) is 0 Å². The fourth-order valence-corrected chi connectivity index (χ4v) is 4.21. The van der Waals surface area contributed by atoms with Crippen molar-refractivity contribution in [3.8, 4) is 0 Å². The summed E-state index contributed by atoms with van der Waals surface area (Å²) in [5.41, 5.74) is 3.71. The minimum atomic E-state index is -0.667. The van der Waals surface area contributed by atoms with Crippen LogP contribution >= 0.6 is 0 Å². The highest BCUT2D eigenvalue weighted by molar-refractivity contribution is 5.98. The van der Waals surface area contributed by atoms with Gasteiger partial charge in [-0.3, -0.25) is 14.9 Å². The van der Waals surface area contributed by atoms with Gasteiger partial charge < -0.3 is 10.6 Å². The van der Waals surface area contributed by atoms with Crippen LogP contribution in [0.2, 0.25) is 0 Å². The van der Waals surface area contributed by atoms with Crippen LogP contribution in [0.1, 0.15) is 55.2 Å². The van der Waals surface area contributed by atoms with Crippen molar-refractivity contribution in [1.82, 2.24) is 16.0 Å². The lowest BCUT2D eigenvalue weighted by molar-refractivity contribution is -0.123. The number of benzene rings is 1. The lowest BCUT2D eigenvalue weighted by atomic mass is 9.77. The largest absolute Gasteiger partial charge is 0.353 e. The van der Waals surface area contributed by atoms with Gasteiger partial charge in [-0.2, -0.15) is 0 Å². The molecule has 3 rings (SSSR count). The van der Waals surface area contributed by atoms with E-state index >= 15 is 0 Å². The molecule has 0 bridgehead atoms. The molecule has 3 N–H and O–H groups in total. The van der Waals surface area contributed by atoms with Crippen molar-refractivity contribution < 1.29 is 14.4 Å². The van der Waals surface area contributed by atoms with Crippen molar-refractivity contribution in [2.45, 2.75) is 63.8 Å². The van der Waals surface area contributed by atoms with Crippen LogP contribution < -0.4 is 16.0 Å². The van der Waals surface area contributed by atoms with Crippen molar-refractivity contribution >= 4 is 17.8 Å². The topological polar surface area (TPSA) is 87.3 Å². The molecule has 1 aromatic carbocycles. The summed E-state index contributed by atoms with van der Waals surface area (Å²) < 4.78 is 0. The molecule has 1 atom stereocenters. The normalized spacial score (nSPS) is 22.3. The first kappa shape index (κ1) is 18.4. The van der Waals surface area contributed by atoms with E-state index < -0.39 is 12.1 Å². The van der Waals surface area contributed by atoms with Crippen LogP contribution in [-0.4, -0.2) is 30.4 Å². The number of carbonyl (C=O) groups excluding carboxylic acids is 3. The van der Waals surface area contributed by atoms with Crippen molar-refractivity contribution in [2.24, 2.45) is 0 Å². The van der Waals surface area contributed by atoms with Gasteiger partial charge in [0.2, 0.25) is 11.8 Å². The molecule has 1 saturated heterocycles. The first-order valence-electron chi connectivity index (χ1n) is 9.35. The minimum absolute atomic E-state index is 0.0464. The van der Waals surface area contributed by atoms with Crippen LogP contribution in [0, 0.1) is 13.8 Å². The molecule has 2 fully saturated rings. The Hall–Kier alpha value is -2.37. The lowest BCUT2D eigenvalue weighted by Crippen LogP contribution is -2.50. The molecule has 1 aromatic rings. The van der Waals surface area contributed by atoms with E-state index in [1.165, 1.54) is 16.7 Å². The summed E-state index contributed by atoms with van der Waals surface area (Å²) in [6.45, 7) is 4.76. The molecule has 4 amide bonds. The van der Waals surface area contributed by atoms with Crippen LogP contribution in [0.3, 0.4) is 0 Å². The Kier molecular flexibility index (Phi) is 5.30. The number of urea groups is 1. The van der Waals surface area contributed by atoms with Gasteiger partial charge in [0, 0.05) is 18.4 Å². The van der Waals surface area contributed by atoms with Gasteiger partial charge in [-0.1, -0.05) is 42.2 Å². The predicted molar refractivity (Wildman–Crippen MR) is 98.8 cm³/mol. The Morgan fingerprint density at radius 3 is 2.46 bits per heavy atom. The molecule has 6 nitrogen and oxygen atoms in total. The highest BCUT2D eigenvalue weighted by atomic mass is 16.2. The van der Waals surface area contributed by atoms with Gasteiger partial charge in [0.05, 0.1) is 0 Å². The van der Waals surface area contributed by atoms with E-state index in [0.29, 0.717) is 13.0 Å². The van der Waals surface area contributed by atoms with Gasteiger partial charge >= 0.3 is 6.03 Å². The van der Waals surface area contributed by atoms with E-state index in [9.17, 15) is 14.4 Å². The Morgan fingerprint density at radius 1 is 1.15 bits per heavy atom. The monoisotopic (exact) mass is 357 g/mol. The third kappa shape index (κ3) is 4.06. The molecule has 2 aliphatic rings. The molecule has 1 aliphatic heterocycles. The van der Waals surface area contributed by atoms with Gasteiger partial charge in [0.15, 0.2) is 0 Å². The van der Waals surface area contributed by atoms with E-state index in [-0.39, 0.29) is 23.7 Å². The van der Waals surface area contributed by atoms with Gasteiger partial charge in [-0.05, 0) is 38.7 Å². The van der Waals surface area contributed by atoms with Crippen LogP contribution in [0.25, 0.3) is 0 Å². The number of amides is 4. The van der Waals surface area contributed by atoms with E-state index in [0.717, 1.165) is 25.7 Å². The van der Waals surface area contributed by atoms with Crippen LogP contribution in [0.4, 0.5) is 4.79 Å². The fraction of sp³-hybridized carbons (Fsp3) is 0.550. The molecule has 1 aliphatic carbocycles. The Morgan fingerprint density at radius 2 is 1.81 bits per heavy atom. The van der Waals surface area contributed by atoms with Crippen molar-refractivity contribution in [2.75, 3.05) is 6.54 Å². The molecular weight excluding hydrogens is 330 g/mol. The maximum atomic E-state index is 12.6. The van der Waals surface area contributed by atoms with Gasteiger partial charge in [0.25, 0.3) is 0 Å². The number of aryl methyl sites for hydroxylation is 2. The molecule has 1 heterocycles. The molecule has 0 spiro atoms. The molecule has 26 heavy (non-hydrogen) atoms. The summed E-state index contributed by atoms with van der Waals surface area (Å²) >= 11 is 0. The van der Waals surface area contributed by atoms with Crippen LogP contribution in [-0.2, 0) is 15.0 Å². The number of carbonyl (C=O) groups is 3. The maximum absolute atomic E-state index is 12.6. The second kappa shape index (κ2) is 7.48. The van der Waals surface area contributed by atoms with Crippen molar-refractivity contribution in [1.29, 1.82) is 0 Å². The van der Waals surface area contributed by atoms with E-state index in [1.54, 1.807) is 0 Å². The number of hydrogen-bond donors (Lipinski definition) is 3. The first-order chi connectivity index (χ1) is 12.4. The van der Waals surface area contributed by atoms with Crippen molar-refractivity contribution in [3.05, 3.63) is 34.9 Å². The van der Waals surface area contributed by atoms with E-state index in [4.69, 9.17) is 0 Å². The fourth-order valence-electron chi connectivity index (χ4n) is 4.21. The number of imide groups is 1.